The lowest BCUT2D eigenvalue weighted by Crippen LogP contribution is -2.44. The molecule has 2 aliphatic rings. The van der Waals surface area contributed by atoms with Crippen molar-refractivity contribution in [1.29, 1.82) is 0 Å². The fraction of sp³-hybridized carbons (Fsp3) is 0.652. The molecular formula is C23H36N4O5. The van der Waals surface area contributed by atoms with Crippen molar-refractivity contribution in [3.8, 4) is 0 Å². The van der Waals surface area contributed by atoms with Gasteiger partial charge >= 0.3 is 12.0 Å². The molecule has 9 heteroatoms. The van der Waals surface area contributed by atoms with E-state index in [1.165, 1.54) is 0 Å². The number of fused-ring (bicyclic) bond motifs is 1. The average Bonchev–Trinajstić information content (AvgIpc) is 3.19. The topological polar surface area (TPSA) is 103 Å². The molecule has 1 aromatic rings. The fourth-order valence-electron chi connectivity index (χ4n) is 4.63. The number of carbonyl (C=O) groups excluding carboxylic acids is 2. The number of aliphatic hydroxyl groups is 1. The number of hydrogen-bond acceptors (Lipinski definition) is 7. The molecule has 0 aliphatic carbocycles. The van der Waals surface area contributed by atoms with Crippen molar-refractivity contribution < 1.29 is 24.3 Å². The first kappa shape index (κ1) is 24.4. The Hall–Kier alpha value is -2.20. The Morgan fingerprint density at radius 1 is 1.31 bits per heavy atom. The van der Waals surface area contributed by atoms with Crippen LogP contribution in [0.15, 0.2) is 24.3 Å². The van der Waals surface area contributed by atoms with Crippen molar-refractivity contribution >= 4 is 17.7 Å². The van der Waals surface area contributed by atoms with Crippen LogP contribution in [0.1, 0.15) is 32.8 Å². The van der Waals surface area contributed by atoms with Gasteiger partial charge in [-0.25, -0.2) is 4.79 Å². The molecule has 0 aromatic heterocycles. The maximum Gasteiger partial charge on any atom is 0.326 e. The molecule has 9 nitrogen and oxygen atoms in total. The van der Waals surface area contributed by atoms with Gasteiger partial charge in [-0.05, 0) is 51.1 Å². The number of carbonyl (C=O) groups is 2. The summed E-state index contributed by atoms with van der Waals surface area (Å²) in [6.07, 6.45) is 0.122. The third-order valence-electron chi connectivity index (χ3n) is 5.84. The number of urea groups is 1. The van der Waals surface area contributed by atoms with Crippen LogP contribution in [0, 0.1) is 11.8 Å². The molecular weight excluding hydrogens is 412 g/mol. The highest BCUT2D eigenvalue weighted by atomic mass is 16.7. The normalized spacial score (nSPS) is 26.3. The summed E-state index contributed by atoms with van der Waals surface area (Å²) in [5, 5.41) is 17.2. The number of benzene rings is 1. The van der Waals surface area contributed by atoms with Gasteiger partial charge in [-0.1, -0.05) is 26.0 Å². The van der Waals surface area contributed by atoms with Crippen LogP contribution in [0.2, 0.25) is 0 Å². The summed E-state index contributed by atoms with van der Waals surface area (Å²) in [7, 11) is 3.98. The molecule has 0 unspecified atom stereocenters. The minimum Gasteiger partial charge on any atom is -0.461 e. The zero-order valence-electron chi connectivity index (χ0n) is 19.6. The van der Waals surface area contributed by atoms with E-state index < -0.39 is 12.1 Å². The molecule has 5 atom stereocenters. The number of aliphatic hydroxyl groups excluding tert-OH is 1. The zero-order valence-corrected chi connectivity index (χ0v) is 19.6. The lowest BCUT2D eigenvalue weighted by Gasteiger charge is -2.24. The number of rotatable bonds is 9. The molecule has 0 spiro atoms. The molecule has 0 radical (unpaired) electrons. The Labute approximate surface area is 190 Å². The molecule has 3 rings (SSSR count). The molecule has 2 aliphatic heterocycles. The van der Waals surface area contributed by atoms with E-state index in [-0.39, 0.29) is 36.7 Å². The Morgan fingerprint density at radius 3 is 2.72 bits per heavy atom. The van der Waals surface area contributed by atoms with E-state index in [0.29, 0.717) is 18.2 Å². The van der Waals surface area contributed by atoms with Crippen molar-refractivity contribution in [1.82, 2.24) is 15.3 Å². The SMILES string of the molecule is CC(C)C[C@H](CN(C)C)NC(=O)Nc1cccc(CN2O[C@@H](CO)[C@H]3[C@H](C)OC(=O)[C@H]32)c1. The van der Waals surface area contributed by atoms with Gasteiger partial charge in [-0.2, -0.15) is 5.06 Å². The summed E-state index contributed by atoms with van der Waals surface area (Å²) in [6, 6.07) is 6.70. The monoisotopic (exact) mass is 448 g/mol. The average molecular weight is 449 g/mol. The number of esters is 1. The number of hydroxylamine groups is 2. The maximum absolute atomic E-state index is 12.6. The Bertz CT molecular complexity index is 792. The summed E-state index contributed by atoms with van der Waals surface area (Å²) in [6.45, 7) is 7.03. The second kappa shape index (κ2) is 10.6. The number of likely N-dealkylation sites (N-methyl/N-ethyl adjacent to an activating group) is 1. The van der Waals surface area contributed by atoms with Gasteiger partial charge in [-0.3, -0.25) is 9.63 Å². The molecule has 2 heterocycles. The van der Waals surface area contributed by atoms with Crippen molar-refractivity contribution in [2.45, 2.75) is 58.0 Å². The largest absolute Gasteiger partial charge is 0.461 e. The van der Waals surface area contributed by atoms with Gasteiger partial charge in [0, 0.05) is 18.3 Å². The van der Waals surface area contributed by atoms with Gasteiger partial charge in [0.25, 0.3) is 0 Å². The van der Waals surface area contributed by atoms with Crippen LogP contribution in [0.25, 0.3) is 0 Å². The first-order chi connectivity index (χ1) is 15.2. The van der Waals surface area contributed by atoms with Crippen LogP contribution in [0.4, 0.5) is 10.5 Å². The summed E-state index contributed by atoms with van der Waals surface area (Å²) < 4.78 is 5.36. The van der Waals surface area contributed by atoms with E-state index in [9.17, 15) is 14.7 Å². The van der Waals surface area contributed by atoms with Crippen molar-refractivity contribution in [2.75, 3.05) is 32.6 Å². The van der Waals surface area contributed by atoms with Gasteiger partial charge in [-0.15, -0.1) is 0 Å². The third-order valence-corrected chi connectivity index (χ3v) is 5.84. The highest BCUT2D eigenvalue weighted by molar-refractivity contribution is 5.89. The minimum atomic E-state index is -0.537. The number of anilines is 1. The van der Waals surface area contributed by atoms with Crippen LogP contribution in [-0.2, 0) is 20.9 Å². The van der Waals surface area contributed by atoms with E-state index in [2.05, 4.69) is 29.4 Å². The molecule has 2 fully saturated rings. The van der Waals surface area contributed by atoms with E-state index in [1.807, 2.05) is 45.3 Å². The van der Waals surface area contributed by atoms with Crippen LogP contribution in [0.3, 0.4) is 0 Å². The van der Waals surface area contributed by atoms with E-state index in [0.717, 1.165) is 18.5 Å². The fourth-order valence-corrected chi connectivity index (χ4v) is 4.63. The predicted molar refractivity (Wildman–Crippen MR) is 121 cm³/mol. The number of cyclic esters (lactones) is 1. The zero-order chi connectivity index (χ0) is 23.4. The quantitative estimate of drug-likeness (QED) is 0.495. The van der Waals surface area contributed by atoms with Gasteiger partial charge in [0.15, 0.2) is 0 Å². The van der Waals surface area contributed by atoms with Gasteiger partial charge in [0.05, 0.1) is 19.1 Å². The summed E-state index contributed by atoms with van der Waals surface area (Å²) >= 11 is 0. The van der Waals surface area contributed by atoms with E-state index in [4.69, 9.17) is 9.57 Å². The Morgan fingerprint density at radius 2 is 2.06 bits per heavy atom. The second-order valence-electron chi connectivity index (χ2n) is 9.45. The lowest BCUT2D eigenvalue weighted by atomic mass is 9.93. The number of nitrogens with zero attached hydrogens (tertiary/aromatic N) is 2. The summed E-state index contributed by atoms with van der Waals surface area (Å²) in [5.74, 6) is -0.0565. The second-order valence-corrected chi connectivity index (χ2v) is 9.45. The molecule has 0 bridgehead atoms. The Balaban J connectivity index is 1.63. The van der Waals surface area contributed by atoms with Gasteiger partial charge in [0.1, 0.15) is 18.2 Å². The molecule has 178 valence electrons. The van der Waals surface area contributed by atoms with Gasteiger partial charge in [0.2, 0.25) is 0 Å². The molecule has 1 aromatic carbocycles. The first-order valence-electron chi connectivity index (χ1n) is 11.2. The first-order valence-corrected chi connectivity index (χ1v) is 11.2. The molecule has 32 heavy (non-hydrogen) atoms. The third kappa shape index (κ3) is 5.98. The van der Waals surface area contributed by atoms with Crippen LogP contribution >= 0.6 is 0 Å². The number of hydrogen-bond donors (Lipinski definition) is 3. The highest BCUT2D eigenvalue weighted by Gasteiger charge is 2.56. The molecule has 3 N–H and O–H groups in total. The number of amides is 2. The van der Waals surface area contributed by atoms with E-state index >= 15 is 0 Å². The summed E-state index contributed by atoms with van der Waals surface area (Å²) in [5.41, 5.74) is 1.53. The van der Waals surface area contributed by atoms with Crippen LogP contribution in [0.5, 0.6) is 0 Å². The molecule has 2 saturated heterocycles. The minimum absolute atomic E-state index is 0.0499. The number of nitrogens with one attached hydrogen (secondary N) is 2. The van der Waals surface area contributed by atoms with Crippen molar-refractivity contribution in [2.24, 2.45) is 11.8 Å². The standard InChI is InChI=1S/C23H36N4O5/c1-14(2)9-18(12-26(4)5)25-23(30)24-17-8-6-7-16(10-17)11-27-21-20(19(13-28)32-27)15(3)31-22(21)29/h6-8,10,14-15,18-21,28H,9,11-13H2,1-5H3,(H2,24,25,30)/t15-,18+,19-,20+,21-/m0/s1. The van der Waals surface area contributed by atoms with Crippen molar-refractivity contribution in [3.05, 3.63) is 29.8 Å². The Kier molecular flexibility index (Phi) is 8.10. The smallest absolute Gasteiger partial charge is 0.326 e. The van der Waals surface area contributed by atoms with Crippen LogP contribution in [-0.4, -0.2) is 78.6 Å². The molecule has 2 amide bonds. The predicted octanol–water partition coefficient (Wildman–Crippen LogP) is 1.82. The van der Waals surface area contributed by atoms with Crippen LogP contribution < -0.4 is 10.6 Å². The van der Waals surface area contributed by atoms with Gasteiger partial charge < -0.3 is 25.4 Å². The summed E-state index contributed by atoms with van der Waals surface area (Å²) in [4.78, 5) is 32.8. The lowest BCUT2D eigenvalue weighted by molar-refractivity contribution is -0.195. The van der Waals surface area contributed by atoms with Crippen molar-refractivity contribution in [3.63, 3.8) is 0 Å². The van der Waals surface area contributed by atoms with E-state index in [1.54, 1.807) is 5.06 Å². The number of ether oxygens (including phenoxy) is 1. The maximum atomic E-state index is 12.6. The highest BCUT2D eigenvalue weighted by Crippen LogP contribution is 2.38. The molecule has 0 saturated carbocycles.